The fourth-order valence-corrected chi connectivity index (χ4v) is 3.03. The van der Waals surface area contributed by atoms with Crippen molar-refractivity contribution in [3.63, 3.8) is 0 Å². The van der Waals surface area contributed by atoms with Crippen LogP contribution in [0.1, 0.15) is 12.5 Å². The van der Waals surface area contributed by atoms with E-state index < -0.39 is 11.9 Å². The van der Waals surface area contributed by atoms with E-state index >= 15 is 0 Å². The Bertz CT molecular complexity index is 806. The third kappa shape index (κ3) is 3.70. The number of likely N-dealkylation sites (N-methyl/N-ethyl adjacent to an activating group) is 1. The van der Waals surface area contributed by atoms with Gasteiger partial charge < -0.3 is 15.0 Å². The van der Waals surface area contributed by atoms with Gasteiger partial charge in [0.05, 0.1) is 5.54 Å². The molecule has 2 aromatic rings. The Balaban J connectivity index is 1.92. The van der Waals surface area contributed by atoms with Crippen molar-refractivity contribution in [2.24, 2.45) is 0 Å². The number of hydrogen-bond acceptors (Lipinski definition) is 2. The normalized spacial score (nSPS) is 20.5. The molecule has 4 nitrogen and oxygen atoms in total. The van der Waals surface area contributed by atoms with Gasteiger partial charge in [0.15, 0.2) is 5.96 Å². The summed E-state index contributed by atoms with van der Waals surface area (Å²) in [5, 5.41) is 11.0. The summed E-state index contributed by atoms with van der Waals surface area (Å²) in [7, 11) is 1.84. The maximum absolute atomic E-state index is 12.4. The first-order valence-electron chi connectivity index (χ1n) is 7.71. The van der Waals surface area contributed by atoms with Crippen molar-refractivity contribution in [1.82, 2.24) is 10.2 Å². The predicted octanol–water partition coefficient (Wildman–Crippen LogP) is 3.94. The zero-order valence-electron chi connectivity index (χ0n) is 13.8. The third-order valence-corrected chi connectivity index (χ3v) is 4.23. The molecule has 2 aromatic carbocycles. The van der Waals surface area contributed by atoms with Crippen LogP contribution >= 0.6 is 0 Å². The monoisotopic (exact) mass is 349 g/mol. The molecule has 0 bridgehead atoms. The van der Waals surface area contributed by atoms with Gasteiger partial charge in [-0.1, -0.05) is 30.3 Å². The third-order valence-electron chi connectivity index (χ3n) is 4.23. The summed E-state index contributed by atoms with van der Waals surface area (Å²) in [5.41, 5.74) is 1.95. The lowest BCUT2D eigenvalue weighted by atomic mass is 9.90. The fraction of sp³-hybridized carbons (Fsp3) is 0.278. The quantitative estimate of drug-likeness (QED) is 0.882. The second kappa shape index (κ2) is 5.98. The molecule has 0 spiro atoms. The highest BCUT2D eigenvalue weighted by atomic mass is 19.4. The van der Waals surface area contributed by atoms with Crippen LogP contribution in [0.4, 0.5) is 13.2 Å². The first-order chi connectivity index (χ1) is 11.7. The Hall–Kier alpha value is -2.70. The standard InChI is InChI=1S/C18H18F3N3O/c1-17(11-24(2)16(22)23-17)14-7-3-5-12(9-14)13-6-4-8-15(10-13)25-18(19,20)21/h3-10H,11H2,1-2H3,(H2,22,23). The minimum absolute atomic E-state index is 0.248. The number of halogens is 3. The first kappa shape index (κ1) is 17.1. The van der Waals surface area contributed by atoms with Gasteiger partial charge >= 0.3 is 6.36 Å². The van der Waals surface area contributed by atoms with Gasteiger partial charge in [0.1, 0.15) is 5.75 Å². The molecule has 1 atom stereocenters. The summed E-state index contributed by atoms with van der Waals surface area (Å²) in [5.74, 6) is 0.0931. The molecule has 25 heavy (non-hydrogen) atoms. The minimum atomic E-state index is -4.72. The van der Waals surface area contributed by atoms with Crippen LogP contribution in [0.3, 0.4) is 0 Å². The summed E-state index contributed by atoms with van der Waals surface area (Å²) in [6.45, 7) is 2.62. The second-order valence-corrected chi connectivity index (χ2v) is 6.32. The maximum atomic E-state index is 12.4. The van der Waals surface area contributed by atoms with Crippen LogP contribution in [-0.2, 0) is 5.54 Å². The van der Waals surface area contributed by atoms with Gasteiger partial charge in [-0.3, -0.25) is 5.41 Å². The van der Waals surface area contributed by atoms with Crippen molar-refractivity contribution >= 4 is 5.96 Å². The Morgan fingerprint density at radius 3 is 2.36 bits per heavy atom. The Kier molecular flexibility index (Phi) is 4.10. The van der Waals surface area contributed by atoms with E-state index in [2.05, 4.69) is 10.1 Å². The summed E-state index contributed by atoms with van der Waals surface area (Å²) < 4.78 is 41.2. The average Bonchev–Trinajstić information content (AvgIpc) is 2.80. The number of guanidine groups is 1. The minimum Gasteiger partial charge on any atom is -0.406 e. The van der Waals surface area contributed by atoms with Gasteiger partial charge in [-0.05, 0) is 41.8 Å². The van der Waals surface area contributed by atoms with Crippen LogP contribution in [0.5, 0.6) is 5.75 Å². The highest BCUT2D eigenvalue weighted by Gasteiger charge is 2.36. The van der Waals surface area contributed by atoms with Gasteiger partial charge in [0.25, 0.3) is 0 Å². The van der Waals surface area contributed by atoms with Crippen molar-refractivity contribution in [2.75, 3.05) is 13.6 Å². The van der Waals surface area contributed by atoms with Crippen molar-refractivity contribution in [3.05, 3.63) is 54.1 Å². The lowest BCUT2D eigenvalue weighted by Gasteiger charge is -2.24. The van der Waals surface area contributed by atoms with Gasteiger partial charge in [-0.15, -0.1) is 13.2 Å². The summed E-state index contributed by atoms with van der Waals surface area (Å²) in [6, 6.07) is 13.5. The smallest absolute Gasteiger partial charge is 0.406 e. The van der Waals surface area contributed by atoms with Crippen molar-refractivity contribution in [1.29, 1.82) is 5.41 Å². The van der Waals surface area contributed by atoms with Gasteiger partial charge in [-0.2, -0.15) is 0 Å². The van der Waals surface area contributed by atoms with E-state index in [1.165, 1.54) is 18.2 Å². The van der Waals surface area contributed by atoms with E-state index in [1.807, 2.05) is 43.1 Å². The molecule has 2 N–H and O–H groups in total. The molecule has 0 saturated carbocycles. The van der Waals surface area contributed by atoms with E-state index in [1.54, 1.807) is 6.07 Å². The van der Waals surface area contributed by atoms with E-state index in [4.69, 9.17) is 5.41 Å². The Morgan fingerprint density at radius 1 is 1.12 bits per heavy atom. The van der Waals surface area contributed by atoms with Crippen molar-refractivity contribution < 1.29 is 17.9 Å². The number of rotatable bonds is 3. The number of nitrogens with one attached hydrogen (secondary N) is 2. The number of benzene rings is 2. The zero-order chi connectivity index (χ0) is 18.2. The van der Waals surface area contributed by atoms with Gasteiger partial charge in [-0.25, -0.2) is 0 Å². The molecule has 0 radical (unpaired) electrons. The summed E-state index contributed by atoms with van der Waals surface area (Å²) >= 11 is 0. The molecule has 132 valence electrons. The van der Waals surface area contributed by atoms with Crippen LogP contribution in [0.25, 0.3) is 11.1 Å². The van der Waals surface area contributed by atoms with Crippen LogP contribution in [0, 0.1) is 5.41 Å². The molecule has 1 heterocycles. The van der Waals surface area contributed by atoms with Crippen LogP contribution < -0.4 is 10.1 Å². The number of nitrogens with zero attached hydrogens (tertiary/aromatic N) is 1. The van der Waals surface area contributed by atoms with E-state index in [-0.39, 0.29) is 5.75 Å². The maximum Gasteiger partial charge on any atom is 0.573 e. The summed E-state index contributed by atoms with van der Waals surface area (Å²) in [4.78, 5) is 1.81. The Morgan fingerprint density at radius 2 is 1.76 bits per heavy atom. The number of hydrogen-bond donors (Lipinski definition) is 2. The molecule has 1 saturated heterocycles. The largest absolute Gasteiger partial charge is 0.573 e. The predicted molar refractivity (Wildman–Crippen MR) is 89.4 cm³/mol. The molecule has 0 aromatic heterocycles. The van der Waals surface area contributed by atoms with Crippen molar-refractivity contribution in [3.8, 4) is 16.9 Å². The lowest BCUT2D eigenvalue weighted by Crippen LogP contribution is -2.37. The average molecular weight is 349 g/mol. The zero-order valence-corrected chi connectivity index (χ0v) is 13.8. The number of ether oxygens (including phenoxy) is 1. The molecule has 0 aliphatic carbocycles. The van der Waals surface area contributed by atoms with E-state index in [0.717, 1.165) is 11.1 Å². The molecule has 1 aliphatic rings. The highest BCUT2D eigenvalue weighted by Crippen LogP contribution is 2.32. The Labute approximate surface area is 143 Å². The molecule has 1 aliphatic heterocycles. The van der Waals surface area contributed by atoms with Crippen molar-refractivity contribution in [2.45, 2.75) is 18.8 Å². The molecule has 3 rings (SSSR count). The van der Waals surface area contributed by atoms with Gasteiger partial charge in [0.2, 0.25) is 0 Å². The highest BCUT2D eigenvalue weighted by molar-refractivity contribution is 5.80. The van der Waals surface area contributed by atoms with Gasteiger partial charge in [0, 0.05) is 13.6 Å². The van der Waals surface area contributed by atoms with Crippen LogP contribution in [-0.4, -0.2) is 30.8 Å². The topological polar surface area (TPSA) is 48.4 Å². The molecule has 1 fully saturated rings. The lowest BCUT2D eigenvalue weighted by molar-refractivity contribution is -0.274. The van der Waals surface area contributed by atoms with Crippen LogP contribution in [0.2, 0.25) is 0 Å². The molecule has 1 unspecified atom stereocenters. The molecular weight excluding hydrogens is 331 g/mol. The molecular formula is C18H18F3N3O. The first-order valence-corrected chi connectivity index (χ1v) is 7.71. The van der Waals surface area contributed by atoms with Crippen LogP contribution in [0.15, 0.2) is 48.5 Å². The molecule has 0 amide bonds. The number of alkyl halides is 3. The fourth-order valence-electron chi connectivity index (χ4n) is 3.03. The van der Waals surface area contributed by atoms with E-state index in [9.17, 15) is 13.2 Å². The molecule has 7 heteroatoms. The summed E-state index contributed by atoms with van der Waals surface area (Å²) in [6.07, 6.45) is -4.72. The second-order valence-electron chi connectivity index (χ2n) is 6.32. The SMILES string of the molecule is CN1CC(C)(c2cccc(-c3cccc(OC(F)(F)F)c3)c2)NC1=N. The van der Waals surface area contributed by atoms with E-state index in [0.29, 0.717) is 18.1 Å².